The lowest BCUT2D eigenvalue weighted by Crippen LogP contribution is -2.79. The van der Waals surface area contributed by atoms with Gasteiger partial charge in [0.15, 0.2) is 0 Å². The van der Waals surface area contributed by atoms with Crippen LogP contribution in [0.2, 0.25) is 0 Å². The van der Waals surface area contributed by atoms with E-state index in [-0.39, 0.29) is 0 Å². The van der Waals surface area contributed by atoms with Crippen LogP contribution in [0.25, 0.3) is 0 Å². The number of rotatable bonds is 0. The van der Waals surface area contributed by atoms with Gasteiger partial charge in [-0.1, -0.05) is 0 Å². The quantitative estimate of drug-likeness (QED) is 0.439. The van der Waals surface area contributed by atoms with E-state index in [2.05, 4.69) is 0 Å². The predicted molar refractivity (Wildman–Crippen MR) is 30.2 cm³/mol. The van der Waals surface area contributed by atoms with E-state index in [0.29, 0.717) is 0 Å². The van der Waals surface area contributed by atoms with Gasteiger partial charge in [0.1, 0.15) is 0 Å². The standard InChI is InChI=1S/C8H10/c1-3-5-2-6-4(1)7(3)8(5)6/h3-8H,1-2H2. The SMILES string of the molecule is C1C2C3CC4C1C2C34. The molecule has 4 atom stereocenters. The Morgan fingerprint density at radius 1 is 0.625 bits per heavy atom. The fraction of sp³-hybridized carbons (Fsp3) is 1.00. The highest BCUT2D eigenvalue weighted by atomic mass is 14.8. The molecule has 0 heteroatoms. The molecule has 0 N–H and O–H groups in total. The Kier molecular flexibility index (Phi) is 0.255. The van der Waals surface area contributed by atoms with Crippen LogP contribution in [0.15, 0.2) is 0 Å². The minimum absolute atomic E-state index is 1.27. The van der Waals surface area contributed by atoms with E-state index < -0.39 is 0 Å². The van der Waals surface area contributed by atoms with E-state index in [1.165, 1.54) is 35.5 Å². The molecule has 4 aliphatic carbocycles. The first-order valence-corrected chi connectivity index (χ1v) is 3.97. The monoisotopic (exact) mass is 106 g/mol. The zero-order chi connectivity index (χ0) is 4.88. The average Bonchev–Trinajstić information content (AvgIpc) is 1.83. The van der Waals surface area contributed by atoms with Crippen LogP contribution in [0.1, 0.15) is 12.8 Å². The van der Waals surface area contributed by atoms with Crippen molar-refractivity contribution in [3.63, 3.8) is 0 Å². The van der Waals surface area contributed by atoms with Gasteiger partial charge >= 0.3 is 0 Å². The van der Waals surface area contributed by atoms with Crippen LogP contribution in [0.3, 0.4) is 0 Å². The molecule has 4 unspecified atom stereocenters. The molecule has 0 bridgehead atoms. The summed E-state index contributed by atoms with van der Waals surface area (Å²) in [6.07, 6.45) is 3.30. The molecule has 4 rings (SSSR count). The van der Waals surface area contributed by atoms with Crippen LogP contribution >= 0.6 is 0 Å². The summed E-state index contributed by atoms with van der Waals surface area (Å²) in [5.74, 6) is 7.70. The first kappa shape index (κ1) is 3.24. The maximum atomic E-state index is 1.65. The number of hydrogen-bond acceptors (Lipinski definition) is 0. The van der Waals surface area contributed by atoms with E-state index in [0.717, 1.165) is 0 Å². The third kappa shape index (κ3) is 0.116. The van der Waals surface area contributed by atoms with Crippen molar-refractivity contribution >= 4 is 0 Å². The minimum atomic E-state index is 1.27. The summed E-state index contributed by atoms with van der Waals surface area (Å²) < 4.78 is 0. The zero-order valence-corrected chi connectivity index (χ0v) is 4.88. The highest BCUT2D eigenvalue weighted by molar-refractivity contribution is 5.26. The summed E-state index contributed by atoms with van der Waals surface area (Å²) in [4.78, 5) is 0. The first-order chi connectivity index (χ1) is 3.97. The average molecular weight is 106 g/mol. The van der Waals surface area contributed by atoms with Gasteiger partial charge in [-0.25, -0.2) is 0 Å². The van der Waals surface area contributed by atoms with E-state index in [1.807, 2.05) is 0 Å². The normalized spacial score (nSPS) is 87.0. The zero-order valence-electron chi connectivity index (χ0n) is 4.88. The Labute approximate surface area is 49.3 Å². The van der Waals surface area contributed by atoms with Gasteiger partial charge in [0.25, 0.3) is 0 Å². The Morgan fingerprint density at radius 3 is 1.12 bits per heavy atom. The van der Waals surface area contributed by atoms with Crippen molar-refractivity contribution in [3.05, 3.63) is 0 Å². The topological polar surface area (TPSA) is 0 Å². The molecular weight excluding hydrogens is 96.1 g/mol. The molecule has 0 heterocycles. The molecule has 0 spiro atoms. The van der Waals surface area contributed by atoms with Crippen LogP contribution in [-0.2, 0) is 0 Å². The lowest BCUT2D eigenvalue weighted by molar-refractivity contribution is -0.369. The number of hydrogen-bond donors (Lipinski definition) is 0. The molecule has 0 aromatic rings. The minimum Gasteiger partial charge on any atom is -0.0465 e. The molecule has 0 aromatic heterocycles. The van der Waals surface area contributed by atoms with Crippen molar-refractivity contribution in [1.29, 1.82) is 0 Å². The third-order valence-corrected chi connectivity index (χ3v) is 4.61. The molecule has 4 aliphatic rings. The molecule has 0 aliphatic heterocycles. The van der Waals surface area contributed by atoms with Crippen LogP contribution in [0, 0.1) is 35.5 Å². The van der Waals surface area contributed by atoms with Crippen molar-refractivity contribution in [2.24, 2.45) is 35.5 Å². The van der Waals surface area contributed by atoms with Crippen molar-refractivity contribution in [2.75, 3.05) is 0 Å². The maximum absolute atomic E-state index is 1.65. The van der Waals surface area contributed by atoms with E-state index in [9.17, 15) is 0 Å². The van der Waals surface area contributed by atoms with Gasteiger partial charge in [-0.05, 0) is 48.3 Å². The van der Waals surface area contributed by atoms with Crippen LogP contribution in [-0.4, -0.2) is 0 Å². The van der Waals surface area contributed by atoms with Gasteiger partial charge in [-0.3, -0.25) is 0 Å². The van der Waals surface area contributed by atoms with Crippen molar-refractivity contribution in [2.45, 2.75) is 12.8 Å². The van der Waals surface area contributed by atoms with Crippen molar-refractivity contribution in [1.82, 2.24) is 0 Å². The smallest absolute Gasteiger partial charge is 0.0318 e. The van der Waals surface area contributed by atoms with Gasteiger partial charge in [-0.15, -0.1) is 0 Å². The maximum Gasteiger partial charge on any atom is -0.0318 e. The lowest BCUT2D eigenvalue weighted by Gasteiger charge is -2.85. The van der Waals surface area contributed by atoms with E-state index in [1.54, 1.807) is 12.8 Å². The van der Waals surface area contributed by atoms with Gasteiger partial charge in [0.05, 0.1) is 0 Å². The molecule has 0 nitrogen and oxygen atoms in total. The fourth-order valence-electron chi connectivity index (χ4n) is 4.19. The fourth-order valence-corrected chi connectivity index (χ4v) is 4.19. The second-order valence-corrected chi connectivity index (χ2v) is 4.28. The molecule has 8 heavy (non-hydrogen) atoms. The van der Waals surface area contributed by atoms with Crippen LogP contribution < -0.4 is 0 Å². The summed E-state index contributed by atoms with van der Waals surface area (Å²) >= 11 is 0. The van der Waals surface area contributed by atoms with Gasteiger partial charge in [0.2, 0.25) is 0 Å². The summed E-state index contributed by atoms with van der Waals surface area (Å²) in [6, 6.07) is 0. The Balaban J connectivity index is 1.96. The summed E-state index contributed by atoms with van der Waals surface area (Å²) in [5.41, 5.74) is 0. The third-order valence-electron chi connectivity index (χ3n) is 4.61. The largest absolute Gasteiger partial charge is 0.0465 e. The Morgan fingerprint density at radius 2 is 1.00 bits per heavy atom. The summed E-state index contributed by atoms with van der Waals surface area (Å²) in [6.45, 7) is 0. The first-order valence-electron chi connectivity index (χ1n) is 3.97. The lowest BCUT2D eigenvalue weighted by atomic mass is 9.20. The molecule has 42 valence electrons. The predicted octanol–water partition coefficient (Wildman–Crippen LogP) is 1.52. The highest BCUT2D eigenvalue weighted by Crippen LogP contribution is 2.84. The molecule has 0 aromatic carbocycles. The van der Waals surface area contributed by atoms with Gasteiger partial charge in [-0.2, -0.15) is 0 Å². The summed E-state index contributed by atoms with van der Waals surface area (Å²) in [5, 5.41) is 0. The molecule has 4 fully saturated rings. The summed E-state index contributed by atoms with van der Waals surface area (Å²) in [7, 11) is 0. The van der Waals surface area contributed by atoms with Gasteiger partial charge < -0.3 is 0 Å². The molecule has 0 amide bonds. The Bertz CT molecular complexity index is 114. The van der Waals surface area contributed by atoms with Crippen molar-refractivity contribution < 1.29 is 0 Å². The van der Waals surface area contributed by atoms with E-state index in [4.69, 9.17) is 0 Å². The molecular formula is C8H10. The Hall–Kier alpha value is 0. The second kappa shape index (κ2) is 0.630. The number of fused-ring (bicyclic) bond motifs is 2. The van der Waals surface area contributed by atoms with Crippen LogP contribution in [0.5, 0.6) is 0 Å². The molecule has 4 saturated carbocycles. The molecule has 0 radical (unpaired) electrons. The molecule has 0 saturated heterocycles. The van der Waals surface area contributed by atoms with Crippen LogP contribution in [0.4, 0.5) is 0 Å². The van der Waals surface area contributed by atoms with Crippen molar-refractivity contribution in [3.8, 4) is 0 Å². The highest BCUT2D eigenvalue weighted by Gasteiger charge is 2.78. The van der Waals surface area contributed by atoms with Gasteiger partial charge in [0, 0.05) is 0 Å². The van der Waals surface area contributed by atoms with E-state index >= 15 is 0 Å². The second-order valence-electron chi connectivity index (χ2n) is 4.28.